The number of nitrogens with zero attached hydrogens (tertiary/aromatic N) is 2. The van der Waals surface area contributed by atoms with Gasteiger partial charge in [0.15, 0.2) is 5.78 Å². The molecule has 3 aromatic rings. The molecule has 3 aromatic carbocycles. The number of ketones is 1. The Morgan fingerprint density at radius 1 is 0.892 bits per heavy atom. The molecule has 0 amide bonds. The highest BCUT2D eigenvalue weighted by Gasteiger charge is 2.22. The maximum Gasteiger partial charge on any atom is 0.162 e. The van der Waals surface area contributed by atoms with Gasteiger partial charge in [0, 0.05) is 43.7 Å². The summed E-state index contributed by atoms with van der Waals surface area (Å²) in [4.78, 5) is 18.0. The van der Waals surface area contributed by atoms with Crippen LogP contribution in [0.4, 0.5) is 0 Å². The molecule has 0 radical (unpaired) electrons. The van der Waals surface area contributed by atoms with Gasteiger partial charge < -0.3 is 9.47 Å². The average Bonchev–Trinajstić information content (AvgIpc) is 3.14. The van der Waals surface area contributed by atoms with E-state index in [-0.39, 0.29) is 5.78 Å². The Kier molecular flexibility index (Phi) is 8.54. The number of likely N-dealkylation sites (tertiary alicyclic amines) is 1. The number of benzene rings is 3. The normalized spacial score (nSPS) is 17.0. The van der Waals surface area contributed by atoms with Crippen LogP contribution in [0.15, 0.2) is 72.8 Å². The molecule has 5 rings (SSSR count). The molecule has 194 valence electrons. The van der Waals surface area contributed by atoms with Crippen molar-refractivity contribution in [2.24, 2.45) is 5.92 Å². The summed E-state index contributed by atoms with van der Waals surface area (Å²) in [5.74, 6) is 2.66. The number of carbonyl (C=O) groups is 1. The van der Waals surface area contributed by atoms with Crippen molar-refractivity contribution in [3.8, 4) is 11.5 Å². The lowest BCUT2D eigenvalue weighted by atomic mass is 9.90. The minimum Gasteiger partial charge on any atom is -0.497 e. The van der Waals surface area contributed by atoms with Gasteiger partial charge in [0.25, 0.3) is 0 Å². The molecule has 0 N–H and O–H groups in total. The molecule has 0 bridgehead atoms. The molecule has 0 aromatic heterocycles. The van der Waals surface area contributed by atoms with Crippen LogP contribution in [0.3, 0.4) is 0 Å². The van der Waals surface area contributed by atoms with Crippen molar-refractivity contribution in [3.63, 3.8) is 0 Å². The summed E-state index contributed by atoms with van der Waals surface area (Å²) in [5.41, 5.74) is 4.54. The Labute approximate surface area is 221 Å². The van der Waals surface area contributed by atoms with Gasteiger partial charge in [0.1, 0.15) is 18.1 Å². The van der Waals surface area contributed by atoms with E-state index in [1.807, 2.05) is 24.3 Å². The van der Waals surface area contributed by atoms with Crippen LogP contribution in [-0.4, -0.2) is 48.9 Å². The highest BCUT2D eigenvalue weighted by molar-refractivity contribution is 5.96. The lowest BCUT2D eigenvalue weighted by Gasteiger charge is -2.32. The fourth-order valence-corrected chi connectivity index (χ4v) is 5.50. The second-order valence-corrected chi connectivity index (χ2v) is 10.4. The van der Waals surface area contributed by atoms with Crippen LogP contribution >= 0.6 is 0 Å². The third kappa shape index (κ3) is 7.00. The lowest BCUT2D eigenvalue weighted by Crippen LogP contribution is -2.33. The molecular formula is C32H38N2O3. The number of hydrogen-bond donors (Lipinski definition) is 0. The molecule has 5 heteroatoms. The van der Waals surface area contributed by atoms with Crippen molar-refractivity contribution in [1.29, 1.82) is 0 Å². The second-order valence-electron chi connectivity index (χ2n) is 10.4. The second kappa shape index (κ2) is 12.4. The van der Waals surface area contributed by atoms with Crippen LogP contribution in [0, 0.1) is 5.92 Å². The van der Waals surface area contributed by atoms with Crippen LogP contribution in [0.5, 0.6) is 11.5 Å². The summed E-state index contributed by atoms with van der Waals surface area (Å²) in [6, 6.07) is 24.9. The number of ether oxygens (including phenoxy) is 2. The van der Waals surface area contributed by atoms with E-state index in [4.69, 9.17) is 9.47 Å². The topological polar surface area (TPSA) is 42.0 Å². The fourth-order valence-electron chi connectivity index (χ4n) is 5.50. The molecule has 1 fully saturated rings. The van der Waals surface area contributed by atoms with Crippen molar-refractivity contribution >= 4 is 5.78 Å². The minimum atomic E-state index is 0.250. The van der Waals surface area contributed by atoms with E-state index in [1.165, 1.54) is 24.0 Å². The third-order valence-electron chi connectivity index (χ3n) is 7.74. The number of methoxy groups -OCH3 is 1. The van der Waals surface area contributed by atoms with Crippen LogP contribution in [-0.2, 0) is 19.6 Å². The first-order valence-electron chi connectivity index (χ1n) is 13.6. The maximum absolute atomic E-state index is 13.1. The molecule has 1 saturated heterocycles. The summed E-state index contributed by atoms with van der Waals surface area (Å²) in [7, 11) is 1.69. The van der Waals surface area contributed by atoms with Gasteiger partial charge in [-0.1, -0.05) is 42.5 Å². The van der Waals surface area contributed by atoms with Gasteiger partial charge in [-0.2, -0.15) is 0 Å². The quantitative estimate of drug-likeness (QED) is 0.340. The molecular weight excluding hydrogens is 460 g/mol. The van der Waals surface area contributed by atoms with E-state index in [9.17, 15) is 4.79 Å². The van der Waals surface area contributed by atoms with Crippen molar-refractivity contribution < 1.29 is 14.3 Å². The summed E-state index contributed by atoms with van der Waals surface area (Å²) >= 11 is 0. The van der Waals surface area contributed by atoms with Crippen molar-refractivity contribution in [2.75, 3.05) is 33.4 Å². The van der Waals surface area contributed by atoms with E-state index >= 15 is 0 Å². The van der Waals surface area contributed by atoms with Gasteiger partial charge >= 0.3 is 0 Å². The number of Topliss-reactive ketones (excluding diaryl/α,β-unsaturated/α-hetero) is 1. The monoisotopic (exact) mass is 498 g/mol. The molecule has 0 atom stereocenters. The van der Waals surface area contributed by atoms with Gasteiger partial charge in [0.05, 0.1) is 7.11 Å². The zero-order valence-electron chi connectivity index (χ0n) is 21.9. The molecule has 0 spiro atoms. The first-order valence-corrected chi connectivity index (χ1v) is 13.6. The standard InChI is InChI=1S/C32H38N2O3/c1-36-30-11-7-27(8-12-30)23-34-19-20-37-32-14-10-28(21-29(32)24-34)31(35)13-9-25-15-17-33(18-16-25)22-26-5-3-2-4-6-26/h2-8,10-12,14,21,25H,9,13,15-20,22-24H2,1H3. The van der Waals surface area contributed by atoms with E-state index in [2.05, 4.69) is 58.3 Å². The van der Waals surface area contributed by atoms with Gasteiger partial charge in [-0.05, 0) is 79.7 Å². The summed E-state index contributed by atoms with van der Waals surface area (Å²) in [6.07, 6.45) is 3.96. The van der Waals surface area contributed by atoms with E-state index in [1.54, 1.807) is 7.11 Å². The molecule has 0 unspecified atom stereocenters. The van der Waals surface area contributed by atoms with Crippen molar-refractivity contribution in [2.45, 2.75) is 45.3 Å². The first-order chi connectivity index (χ1) is 18.2. The maximum atomic E-state index is 13.1. The van der Waals surface area contributed by atoms with E-state index in [0.717, 1.165) is 68.3 Å². The summed E-state index contributed by atoms with van der Waals surface area (Å²) in [6.45, 7) is 6.39. The van der Waals surface area contributed by atoms with Crippen molar-refractivity contribution in [3.05, 3.63) is 95.1 Å². The van der Waals surface area contributed by atoms with Crippen LogP contribution in [0.2, 0.25) is 0 Å². The Morgan fingerprint density at radius 3 is 2.38 bits per heavy atom. The van der Waals surface area contributed by atoms with E-state index in [0.29, 0.717) is 18.9 Å². The molecule has 5 nitrogen and oxygen atoms in total. The van der Waals surface area contributed by atoms with E-state index < -0.39 is 0 Å². The number of piperidine rings is 1. The first kappa shape index (κ1) is 25.5. The third-order valence-corrected chi connectivity index (χ3v) is 7.74. The predicted molar refractivity (Wildman–Crippen MR) is 147 cm³/mol. The number of hydrogen-bond acceptors (Lipinski definition) is 5. The fraction of sp³-hybridized carbons (Fsp3) is 0.406. The van der Waals surface area contributed by atoms with Gasteiger partial charge in [0.2, 0.25) is 0 Å². The zero-order chi connectivity index (χ0) is 25.5. The highest BCUT2D eigenvalue weighted by Crippen LogP contribution is 2.28. The van der Waals surface area contributed by atoms with Crippen LogP contribution in [0.1, 0.15) is 52.7 Å². The zero-order valence-corrected chi connectivity index (χ0v) is 21.9. The molecule has 2 aliphatic rings. The van der Waals surface area contributed by atoms with Crippen LogP contribution in [0.25, 0.3) is 0 Å². The Morgan fingerprint density at radius 2 is 1.62 bits per heavy atom. The largest absolute Gasteiger partial charge is 0.497 e. The molecule has 0 aliphatic carbocycles. The Balaban J connectivity index is 1.12. The molecule has 0 saturated carbocycles. The number of rotatable bonds is 9. The van der Waals surface area contributed by atoms with Gasteiger partial charge in [-0.15, -0.1) is 0 Å². The molecule has 2 heterocycles. The molecule has 2 aliphatic heterocycles. The van der Waals surface area contributed by atoms with Crippen LogP contribution < -0.4 is 9.47 Å². The summed E-state index contributed by atoms with van der Waals surface area (Å²) in [5, 5.41) is 0. The number of fused-ring (bicyclic) bond motifs is 1. The van der Waals surface area contributed by atoms with Crippen molar-refractivity contribution in [1.82, 2.24) is 9.80 Å². The number of carbonyl (C=O) groups excluding carboxylic acids is 1. The predicted octanol–water partition coefficient (Wildman–Crippen LogP) is 5.96. The SMILES string of the molecule is COc1ccc(CN2CCOc3ccc(C(=O)CCC4CCN(Cc5ccccc5)CC4)cc3C2)cc1. The highest BCUT2D eigenvalue weighted by atomic mass is 16.5. The Bertz CT molecular complexity index is 1150. The summed E-state index contributed by atoms with van der Waals surface area (Å²) < 4.78 is 11.3. The van der Waals surface area contributed by atoms with Gasteiger partial charge in [-0.25, -0.2) is 0 Å². The minimum absolute atomic E-state index is 0.250. The smallest absolute Gasteiger partial charge is 0.162 e. The molecule has 37 heavy (non-hydrogen) atoms. The van der Waals surface area contributed by atoms with Gasteiger partial charge in [-0.3, -0.25) is 14.6 Å². The Hall–Kier alpha value is -3.15. The lowest BCUT2D eigenvalue weighted by molar-refractivity contribution is 0.0961. The average molecular weight is 499 g/mol.